The van der Waals surface area contributed by atoms with E-state index in [1.165, 1.54) is 10.9 Å². The summed E-state index contributed by atoms with van der Waals surface area (Å²) in [5.41, 5.74) is 2.34. The number of hydrogen-bond donors (Lipinski definition) is 3. The zero-order chi connectivity index (χ0) is 20.9. The van der Waals surface area contributed by atoms with Crippen molar-refractivity contribution < 1.29 is 4.79 Å². The molecule has 2 aliphatic rings. The molecule has 0 radical (unpaired) electrons. The third kappa shape index (κ3) is 5.46. The van der Waals surface area contributed by atoms with Crippen LogP contribution in [-0.4, -0.2) is 78.5 Å². The van der Waals surface area contributed by atoms with Crippen molar-refractivity contribution in [3.63, 3.8) is 0 Å². The fraction of sp³-hybridized carbons (Fsp3) is 0.545. The van der Waals surface area contributed by atoms with Crippen molar-refractivity contribution >= 4 is 34.4 Å². The zero-order valence-corrected chi connectivity index (χ0v) is 18.3. The van der Waals surface area contributed by atoms with Crippen molar-refractivity contribution in [1.82, 2.24) is 25.4 Å². The molecule has 0 unspecified atom stereocenters. The van der Waals surface area contributed by atoms with Gasteiger partial charge in [-0.3, -0.25) is 14.7 Å². The molecule has 1 aromatic heterocycles. The second kappa shape index (κ2) is 9.71. The van der Waals surface area contributed by atoms with E-state index in [-0.39, 0.29) is 5.91 Å². The van der Waals surface area contributed by atoms with Crippen LogP contribution in [0, 0.1) is 0 Å². The van der Waals surface area contributed by atoms with Gasteiger partial charge >= 0.3 is 0 Å². The summed E-state index contributed by atoms with van der Waals surface area (Å²) < 4.78 is 0. The van der Waals surface area contributed by atoms with Gasteiger partial charge in [-0.15, -0.1) is 0 Å². The van der Waals surface area contributed by atoms with Gasteiger partial charge in [0, 0.05) is 67.4 Å². The molecule has 0 atom stereocenters. The lowest BCUT2D eigenvalue weighted by Gasteiger charge is -2.36. The fourth-order valence-corrected chi connectivity index (χ4v) is 4.06. The molecule has 0 bridgehead atoms. The minimum atomic E-state index is 0.158. The maximum Gasteiger partial charge on any atom is 0.234 e. The number of amides is 1. The van der Waals surface area contributed by atoms with Crippen molar-refractivity contribution in [1.29, 1.82) is 0 Å². The number of aliphatic imine (C=N–C) groups is 1. The molecule has 30 heavy (non-hydrogen) atoms. The quantitative estimate of drug-likeness (QED) is 0.465. The summed E-state index contributed by atoms with van der Waals surface area (Å²) >= 11 is 6.16. The first-order valence-electron chi connectivity index (χ1n) is 10.9. The van der Waals surface area contributed by atoms with Gasteiger partial charge in [-0.25, -0.2) is 0 Å². The van der Waals surface area contributed by atoms with Crippen LogP contribution in [-0.2, 0) is 11.2 Å². The van der Waals surface area contributed by atoms with Crippen molar-refractivity contribution in [2.75, 3.05) is 45.8 Å². The molecular weight excluding hydrogens is 400 g/mol. The highest BCUT2D eigenvalue weighted by Crippen LogP contribution is 2.22. The molecule has 8 heteroatoms. The van der Waals surface area contributed by atoms with Crippen molar-refractivity contribution in [3.8, 4) is 0 Å². The Bertz CT molecular complexity index is 898. The fourth-order valence-electron chi connectivity index (χ4n) is 3.89. The van der Waals surface area contributed by atoms with E-state index in [2.05, 4.69) is 38.5 Å². The Balaban J connectivity index is 1.30. The second-order valence-electron chi connectivity index (χ2n) is 8.09. The van der Waals surface area contributed by atoms with Crippen LogP contribution in [0.3, 0.4) is 0 Å². The predicted molar refractivity (Wildman–Crippen MR) is 122 cm³/mol. The maximum atomic E-state index is 12.0. The van der Waals surface area contributed by atoms with Crippen molar-refractivity contribution in [2.45, 2.75) is 32.2 Å². The number of nitrogens with one attached hydrogen (secondary N) is 3. The van der Waals surface area contributed by atoms with E-state index in [1.54, 1.807) is 0 Å². The van der Waals surface area contributed by atoms with Gasteiger partial charge in [0.05, 0.1) is 6.54 Å². The zero-order valence-electron chi connectivity index (χ0n) is 17.6. The molecule has 1 amide bonds. The van der Waals surface area contributed by atoms with Crippen LogP contribution in [0.25, 0.3) is 10.9 Å². The van der Waals surface area contributed by atoms with Crippen LogP contribution in [0.1, 0.15) is 25.3 Å². The van der Waals surface area contributed by atoms with Crippen LogP contribution in [0.4, 0.5) is 0 Å². The number of carbonyl (C=O) groups is 1. The summed E-state index contributed by atoms with van der Waals surface area (Å²) in [7, 11) is 0. The summed E-state index contributed by atoms with van der Waals surface area (Å²) in [5.74, 6) is 1.11. The number of rotatable bonds is 7. The molecular formula is C22H31ClN6O. The first-order valence-corrected chi connectivity index (χ1v) is 11.3. The molecule has 2 fully saturated rings. The number of aromatic nitrogens is 1. The van der Waals surface area contributed by atoms with Crippen LogP contribution < -0.4 is 10.6 Å². The van der Waals surface area contributed by atoms with E-state index in [1.807, 2.05) is 18.2 Å². The van der Waals surface area contributed by atoms with Gasteiger partial charge in [-0.2, -0.15) is 0 Å². The topological polar surface area (TPSA) is 75.8 Å². The largest absolute Gasteiger partial charge is 0.361 e. The monoisotopic (exact) mass is 430 g/mol. The Morgan fingerprint density at radius 3 is 2.80 bits per heavy atom. The summed E-state index contributed by atoms with van der Waals surface area (Å²) in [5, 5.41) is 8.41. The summed E-state index contributed by atoms with van der Waals surface area (Å²) in [6, 6.07) is 6.36. The lowest BCUT2D eigenvalue weighted by Crippen LogP contribution is -2.54. The highest BCUT2D eigenvalue weighted by Gasteiger charge is 2.25. The molecule has 2 aromatic rings. The van der Waals surface area contributed by atoms with Gasteiger partial charge in [0.25, 0.3) is 0 Å². The van der Waals surface area contributed by atoms with Crippen LogP contribution >= 0.6 is 11.6 Å². The normalized spacial score (nSPS) is 18.1. The Kier molecular flexibility index (Phi) is 6.79. The molecule has 1 saturated carbocycles. The first kappa shape index (κ1) is 21.0. The number of H-pyrrole nitrogens is 1. The van der Waals surface area contributed by atoms with Gasteiger partial charge in [0.15, 0.2) is 5.96 Å². The SMILES string of the molecule is CCNC(=NCCc1c[nH]c2ccc(Cl)cc12)N1CCN(CC(=O)NC2CC2)CC1. The highest BCUT2D eigenvalue weighted by atomic mass is 35.5. The van der Waals surface area contributed by atoms with E-state index < -0.39 is 0 Å². The first-order chi connectivity index (χ1) is 14.6. The number of fused-ring (bicyclic) bond motifs is 1. The molecule has 1 aliphatic heterocycles. The summed E-state index contributed by atoms with van der Waals surface area (Å²) in [6.45, 7) is 7.66. The Morgan fingerprint density at radius 1 is 1.27 bits per heavy atom. The number of hydrogen-bond acceptors (Lipinski definition) is 3. The van der Waals surface area contributed by atoms with Crippen LogP contribution in [0.5, 0.6) is 0 Å². The number of nitrogens with zero attached hydrogens (tertiary/aromatic N) is 3. The molecule has 2 heterocycles. The van der Waals surface area contributed by atoms with E-state index >= 15 is 0 Å². The predicted octanol–water partition coefficient (Wildman–Crippen LogP) is 2.23. The van der Waals surface area contributed by atoms with E-state index in [0.29, 0.717) is 19.1 Å². The Labute approximate surface area is 182 Å². The molecule has 1 saturated heterocycles. The highest BCUT2D eigenvalue weighted by molar-refractivity contribution is 6.31. The van der Waals surface area contributed by atoms with E-state index in [9.17, 15) is 4.79 Å². The summed E-state index contributed by atoms with van der Waals surface area (Å²) in [6.07, 6.45) is 5.17. The van der Waals surface area contributed by atoms with E-state index in [4.69, 9.17) is 16.6 Å². The molecule has 3 N–H and O–H groups in total. The molecule has 162 valence electrons. The molecule has 1 aliphatic carbocycles. The summed E-state index contributed by atoms with van der Waals surface area (Å²) in [4.78, 5) is 24.7. The number of halogens is 1. The van der Waals surface area contributed by atoms with Crippen molar-refractivity contribution in [2.24, 2.45) is 4.99 Å². The van der Waals surface area contributed by atoms with Gasteiger partial charge in [0.1, 0.15) is 0 Å². The van der Waals surface area contributed by atoms with Crippen molar-refractivity contribution in [3.05, 3.63) is 35.0 Å². The van der Waals surface area contributed by atoms with Gasteiger partial charge < -0.3 is 20.5 Å². The standard InChI is InChI=1S/C22H31ClN6O/c1-2-24-22(25-8-7-16-14-26-20-6-3-17(23)13-19(16)20)29-11-9-28(10-12-29)15-21(30)27-18-4-5-18/h3,6,13-14,18,26H,2,4-5,7-12,15H2,1H3,(H,24,25)(H,27,30). The average molecular weight is 431 g/mol. The van der Waals surface area contributed by atoms with Gasteiger partial charge in [-0.05, 0) is 49.9 Å². The van der Waals surface area contributed by atoms with E-state index in [0.717, 1.165) is 68.5 Å². The minimum absolute atomic E-state index is 0.158. The van der Waals surface area contributed by atoms with Gasteiger partial charge in [0.2, 0.25) is 5.91 Å². The number of piperazine rings is 1. The minimum Gasteiger partial charge on any atom is -0.361 e. The van der Waals surface area contributed by atoms with Gasteiger partial charge in [-0.1, -0.05) is 11.6 Å². The maximum absolute atomic E-state index is 12.0. The molecule has 7 nitrogen and oxygen atoms in total. The smallest absolute Gasteiger partial charge is 0.234 e. The number of aromatic amines is 1. The second-order valence-corrected chi connectivity index (χ2v) is 8.53. The lowest BCUT2D eigenvalue weighted by atomic mass is 10.1. The Hall–Kier alpha value is -2.25. The third-order valence-corrected chi connectivity index (χ3v) is 5.92. The number of benzene rings is 1. The number of carbonyl (C=O) groups excluding carboxylic acids is 1. The van der Waals surface area contributed by atoms with Crippen LogP contribution in [0.2, 0.25) is 5.02 Å². The average Bonchev–Trinajstić information content (AvgIpc) is 3.46. The van der Waals surface area contributed by atoms with Crippen LogP contribution in [0.15, 0.2) is 29.4 Å². The lowest BCUT2D eigenvalue weighted by molar-refractivity contribution is -0.122. The Morgan fingerprint density at radius 2 is 2.07 bits per heavy atom. The molecule has 4 rings (SSSR count). The molecule has 1 aromatic carbocycles. The molecule has 0 spiro atoms. The number of guanidine groups is 1. The third-order valence-electron chi connectivity index (χ3n) is 5.69.